The van der Waals surface area contributed by atoms with Crippen molar-refractivity contribution in [1.82, 2.24) is 10.2 Å². The monoisotopic (exact) mass is 392 g/mol. The topological polar surface area (TPSA) is 49.4 Å². The zero-order chi connectivity index (χ0) is 21.0. The van der Waals surface area contributed by atoms with E-state index in [9.17, 15) is 9.59 Å². The molecule has 0 aromatic heterocycles. The Morgan fingerprint density at radius 1 is 1.00 bits per heavy atom. The number of amides is 2. The molecule has 4 nitrogen and oxygen atoms in total. The molecule has 0 radical (unpaired) electrons. The van der Waals surface area contributed by atoms with Crippen LogP contribution >= 0.6 is 0 Å². The van der Waals surface area contributed by atoms with Crippen molar-refractivity contribution in [3.8, 4) is 11.1 Å². The molecule has 1 heterocycles. The maximum Gasteiger partial charge on any atom is 0.226 e. The summed E-state index contributed by atoms with van der Waals surface area (Å²) in [7, 11) is 1.71. The Kier molecular flexibility index (Phi) is 6.41. The van der Waals surface area contributed by atoms with Gasteiger partial charge in [-0.3, -0.25) is 9.59 Å². The molecular weight excluding hydrogens is 360 g/mol. The number of carbonyl (C=O) groups is 2. The minimum atomic E-state index is -0.485. The highest BCUT2D eigenvalue weighted by molar-refractivity contribution is 5.84. The average molecular weight is 393 g/mol. The molecule has 1 aliphatic heterocycles. The second-order valence-corrected chi connectivity index (χ2v) is 8.49. The molecule has 4 heteroatoms. The third kappa shape index (κ3) is 4.36. The van der Waals surface area contributed by atoms with Crippen LogP contribution in [0.5, 0.6) is 0 Å². The predicted molar refractivity (Wildman–Crippen MR) is 117 cm³/mol. The van der Waals surface area contributed by atoms with Crippen molar-refractivity contribution in [1.29, 1.82) is 0 Å². The molecule has 1 saturated heterocycles. The van der Waals surface area contributed by atoms with Crippen LogP contribution in [-0.4, -0.2) is 36.9 Å². The van der Waals surface area contributed by atoms with Crippen molar-refractivity contribution in [2.75, 3.05) is 20.1 Å². The van der Waals surface area contributed by atoms with E-state index in [0.717, 1.165) is 0 Å². The molecule has 29 heavy (non-hydrogen) atoms. The fraction of sp³-hybridized carbons (Fsp3) is 0.440. The predicted octanol–water partition coefficient (Wildman–Crippen LogP) is 4.22. The number of likely N-dealkylation sites (tertiary alicyclic amines) is 1. The van der Waals surface area contributed by atoms with Crippen molar-refractivity contribution < 1.29 is 9.59 Å². The van der Waals surface area contributed by atoms with E-state index in [1.54, 1.807) is 7.05 Å². The van der Waals surface area contributed by atoms with Gasteiger partial charge in [0.05, 0.1) is 5.41 Å². The summed E-state index contributed by atoms with van der Waals surface area (Å²) in [6.07, 6.45) is 2.06. The summed E-state index contributed by atoms with van der Waals surface area (Å²) in [6.45, 7) is 7.26. The fourth-order valence-electron chi connectivity index (χ4n) is 4.45. The number of nitrogens with zero attached hydrogens (tertiary/aromatic N) is 1. The van der Waals surface area contributed by atoms with Crippen molar-refractivity contribution >= 4 is 11.8 Å². The lowest BCUT2D eigenvalue weighted by Crippen LogP contribution is -2.51. The summed E-state index contributed by atoms with van der Waals surface area (Å²) in [5.74, 6) is 0.244. The van der Waals surface area contributed by atoms with Gasteiger partial charge in [0.1, 0.15) is 0 Å². The molecule has 0 aliphatic carbocycles. The van der Waals surface area contributed by atoms with Gasteiger partial charge >= 0.3 is 0 Å². The van der Waals surface area contributed by atoms with Gasteiger partial charge in [0.2, 0.25) is 11.8 Å². The Bertz CT molecular complexity index is 880. The van der Waals surface area contributed by atoms with E-state index in [1.165, 1.54) is 22.3 Å². The summed E-state index contributed by atoms with van der Waals surface area (Å²) < 4.78 is 0. The number of hydrogen-bond donors (Lipinski definition) is 1. The second kappa shape index (κ2) is 8.81. The Balaban J connectivity index is 1.91. The number of rotatable bonds is 5. The summed E-state index contributed by atoms with van der Waals surface area (Å²) in [6, 6.07) is 16.8. The van der Waals surface area contributed by atoms with Crippen LogP contribution in [-0.2, 0) is 16.0 Å². The SMILES string of the molecule is CNC(=O)C1(Cc2ccccc2-c2ccccc2C)CCN(C(=O)C(C)C)CC1. The third-order valence-electron chi connectivity index (χ3n) is 6.22. The third-order valence-corrected chi connectivity index (χ3v) is 6.22. The fourth-order valence-corrected chi connectivity index (χ4v) is 4.45. The standard InChI is InChI=1S/C25H32N2O2/c1-18(2)23(28)27-15-13-25(14-16-27,24(29)26-4)17-20-10-6-8-12-22(20)21-11-7-5-9-19(21)3/h5-12,18H,13-17H2,1-4H3,(H,26,29). The molecular formula is C25H32N2O2. The van der Waals surface area contributed by atoms with Gasteiger partial charge in [-0.05, 0) is 48.4 Å². The van der Waals surface area contributed by atoms with Crippen molar-refractivity contribution in [3.05, 3.63) is 59.7 Å². The molecule has 0 unspecified atom stereocenters. The summed E-state index contributed by atoms with van der Waals surface area (Å²) in [5, 5.41) is 2.89. The van der Waals surface area contributed by atoms with Crippen LogP contribution in [0.3, 0.4) is 0 Å². The Morgan fingerprint density at radius 3 is 2.17 bits per heavy atom. The number of benzene rings is 2. The maximum atomic E-state index is 13.0. The first-order chi connectivity index (χ1) is 13.9. The van der Waals surface area contributed by atoms with Crippen molar-refractivity contribution in [2.24, 2.45) is 11.3 Å². The van der Waals surface area contributed by atoms with Gasteiger partial charge in [-0.1, -0.05) is 62.4 Å². The molecule has 1 aliphatic rings. The van der Waals surface area contributed by atoms with E-state index in [-0.39, 0.29) is 17.7 Å². The smallest absolute Gasteiger partial charge is 0.226 e. The van der Waals surface area contributed by atoms with Crippen LogP contribution in [0.15, 0.2) is 48.5 Å². The largest absolute Gasteiger partial charge is 0.359 e. The zero-order valence-electron chi connectivity index (χ0n) is 18.0. The van der Waals surface area contributed by atoms with E-state index < -0.39 is 5.41 Å². The molecule has 154 valence electrons. The van der Waals surface area contributed by atoms with Crippen molar-refractivity contribution in [2.45, 2.75) is 40.0 Å². The normalized spacial score (nSPS) is 16.0. The lowest BCUT2D eigenvalue weighted by atomic mass is 9.71. The molecule has 2 amide bonds. The quantitative estimate of drug-likeness (QED) is 0.828. The van der Waals surface area contributed by atoms with E-state index in [1.807, 2.05) is 24.8 Å². The maximum absolute atomic E-state index is 13.0. The molecule has 0 saturated carbocycles. The van der Waals surface area contributed by atoms with Crippen LogP contribution in [0.2, 0.25) is 0 Å². The minimum Gasteiger partial charge on any atom is -0.359 e. The minimum absolute atomic E-state index is 0.00992. The van der Waals surface area contributed by atoms with Crippen LogP contribution in [0.25, 0.3) is 11.1 Å². The van der Waals surface area contributed by atoms with Crippen LogP contribution < -0.4 is 5.32 Å². The van der Waals surface area contributed by atoms with E-state index in [0.29, 0.717) is 32.4 Å². The lowest BCUT2D eigenvalue weighted by Gasteiger charge is -2.41. The second-order valence-electron chi connectivity index (χ2n) is 8.49. The van der Waals surface area contributed by atoms with Crippen LogP contribution in [0.4, 0.5) is 0 Å². The van der Waals surface area contributed by atoms with Gasteiger partial charge in [0, 0.05) is 26.1 Å². The number of nitrogens with one attached hydrogen (secondary N) is 1. The van der Waals surface area contributed by atoms with E-state index in [2.05, 4.69) is 54.7 Å². The zero-order valence-corrected chi connectivity index (χ0v) is 18.0. The number of piperidine rings is 1. The Labute approximate surface area is 174 Å². The highest BCUT2D eigenvalue weighted by atomic mass is 16.2. The highest BCUT2D eigenvalue weighted by Gasteiger charge is 2.42. The highest BCUT2D eigenvalue weighted by Crippen LogP contribution is 2.39. The Hall–Kier alpha value is -2.62. The molecule has 0 bridgehead atoms. The van der Waals surface area contributed by atoms with E-state index in [4.69, 9.17) is 0 Å². The summed E-state index contributed by atoms with van der Waals surface area (Å²) in [5.41, 5.74) is 4.33. The molecule has 3 rings (SSSR count). The van der Waals surface area contributed by atoms with Gasteiger partial charge in [-0.2, -0.15) is 0 Å². The summed E-state index contributed by atoms with van der Waals surface area (Å²) >= 11 is 0. The summed E-state index contributed by atoms with van der Waals surface area (Å²) in [4.78, 5) is 27.3. The van der Waals surface area contributed by atoms with Gasteiger partial charge in [-0.15, -0.1) is 0 Å². The molecule has 1 N–H and O–H groups in total. The lowest BCUT2D eigenvalue weighted by molar-refractivity contribution is -0.142. The van der Waals surface area contributed by atoms with Crippen molar-refractivity contribution in [3.63, 3.8) is 0 Å². The molecule has 1 fully saturated rings. The number of aryl methyl sites for hydroxylation is 1. The first-order valence-electron chi connectivity index (χ1n) is 10.5. The van der Waals surface area contributed by atoms with Crippen LogP contribution in [0, 0.1) is 18.3 Å². The number of hydrogen-bond acceptors (Lipinski definition) is 2. The number of carbonyl (C=O) groups excluding carboxylic acids is 2. The molecule has 2 aromatic carbocycles. The van der Waals surface area contributed by atoms with Gasteiger partial charge < -0.3 is 10.2 Å². The first-order valence-corrected chi connectivity index (χ1v) is 10.5. The average Bonchev–Trinajstić information content (AvgIpc) is 2.74. The van der Waals surface area contributed by atoms with E-state index >= 15 is 0 Å². The van der Waals surface area contributed by atoms with Crippen LogP contribution in [0.1, 0.15) is 37.8 Å². The van der Waals surface area contributed by atoms with Gasteiger partial charge in [0.15, 0.2) is 0 Å². The molecule has 0 atom stereocenters. The Morgan fingerprint density at radius 2 is 1.59 bits per heavy atom. The molecule has 2 aromatic rings. The van der Waals surface area contributed by atoms with Gasteiger partial charge in [-0.25, -0.2) is 0 Å². The molecule has 0 spiro atoms. The first kappa shape index (κ1) is 21.1. The van der Waals surface area contributed by atoms with Gasteiger partial charge in [0.25, 0.3) is 0 Å².